The quantitative estimate of drug-likeness (QED) is 0.923. The minimum atomic E-state index is -0.965. The van der Waals surface area contributed by atoms with Gasteiger partial charge >= 0.3 is 10.8 Å². The maximum atomic E-state index is 14.0. The Morgan fingerprint density at radius 1 is 1.33 bits per heavy atom. The van der Waals surface area contributed by atoms with E-state index in [1.807, 2.05) is 0 Å². The Morgan fingerprint density at radius 3 is 2.71 bits per heavy atom. The molecule has 0 aliphatic heterocycles. The molecule has 21 heavy (non-hydrogen) atoms. The second kappa shape index (κ2) is 6.17. The highest BCUT2D eigenvalue weighted by Gasteiger charge is 2.15. The number of benzene rings is 1. The van der Waals surface area contributed by atoms with Gasteiger partial charge in [0.15, 0.2) is 0 Å². The molecule has 0 saturated heterocycles. The van der Waals surface area contributed by atoms with Crippen LogP contribution in [0.25, 0.3) is 11.3 Å². The number of carboxylic acid groups (broad SMARTS) is 1. The van der Waals surface area contributed by atoms with Crippen LogP contribution in [-0.4, -0.2) is 15.6 Å². The minimum Gasteiger partial charge on any atom is -0.481 e. The van der Waals surface area contributed by atoms with Gasteiger partial charge in [0.05, 0.1) is 5.69 Å². The molecule has 1 N–H and O–H groups in total. The van der Waals surface area contributed by atoms with Crippen LogP contribution in [0.15, 0.2) is 22.3 Å². The highest BCUT2D eigenvalue weighted by molar-refractivity contribution is 7.07. The van der Waals surface area contributed by atoms with E-state index in [2.05, 4.69) is 0 Å². The summed E-state index contributed by atoms with van der Waals surface area (Å²) in [5.74, 6) is -2.13. The lowest BCUT2D eigenvalue weighted by atomic mass is 10.1. The van der Waals surface area contributed by atoms with Crippen LogP contribution in [-0.2, 0) is 11.3 Å². The number of hydrogen-bond donors (Lipinski definition) is 1. The maximum Gasteiger partial charge on any atom is 0.307 e. The van der Waals surface area contributed by atoms with E-state index >= 15 is 0 Å². The summed E-state index contributed by atoms with van der Waals surface area (Å²) < 4.78 is 28.9. The summed E-state index contributed by atoms with van der Waals surface area (Å²) in [5, 5.41) is 10.1. The number of rotatable bonds is 5. The van der Waals surface area contributed by atoms with Crippen LogP contribution in [0.1, 0.15) is 18.4 Å². The van der Waals surface area contributed by atoms with Crippen molar-refractivity contribution in [3.8, 4) is 11.3 Å². The zero-order valence-electron chi connectivity index (χ0n) is 11.2. The molecule has 7 heteroatoms. The fourth-order valence-electron chi connectivity index (χ4n) is 1.98. The summed E-state index contributed by atoms with van der Waals surface area (Å²) in [7, 11) is 0. The number of thiazole rings is 1. The number of aryl methyl sites for hydroxylation is 1. The van der Waals surface area contributed by atoms with Crippen LogP contribution in [0.3, 0.4) is 0 Å². The molecular weight excluding hydrogens is 300 g/mol. The average Bonchev–Trinajstić information content (AvgIpc) is 2.75. The van der Waals surface area contributed by atoms with Gasteiger partial charge in [0.1, 0.15) is 11.6 Å². The molecule has 0 radical (unpaired) electrons. The third kappa shape index (κ3) is 3.36. The minimum absolute atomic E-state index is 0.00627. The Morgan fingerprint density at radius 2 is 2.05 bits per heavy atom. The van der Waals surface area contributed by atoms with E-state index in [-0.39, 0.29) is 41.1 Å². The Bertz CT molecular complexity index is 736. The number of aromatic nitrogens is 1. The van der Waals surface area contributed by atoms with Crippen LogP contribution in [0, 0.1) is 18.6 Å². The first kappa shape index (κ1) is 15.4. The first-order valence-electron chi connectivity index (χ1n) is 6.26. The molecule has 112 valence electrons. The smallest absolute Gasteiger partial charge is 0.307 e. The number of aliphatic carboxylic acids is 1. The molecule has 2 rings (SSSR count). The molecule has 0 aliphatic rings. The predicted molar refractivity (Wildman–Crippen MR) is 75.5 cm³/mol. The number of nitrogens with zero attached hydrogens (tertiary/aromatic N) is 1. The van der Waals surface area contributed by atoms with Crippen molar-refractivity contribution in [3.63, 3.8) is 0 Å². The highest BCUT2D eigenvalue weighted by Crippen LogP contribution is 2.26. The van der Waals surface area contributed by atoms with E-state index in [4.69, 9.17) is 5.11 Å². The normalized spacial score (nSPS) is 10.8. The largest absolute Gasteiger partial charge is 0.481 e. The van der Waals surface area contributed by atoms with E-state index in [9.17, 15) is 18.4 Å². The molecule has 0 bridgehead atoms. The fourth-order valence-corrected chi connectivity index (χ4v) is 2.77. The molecule has 0 atom stereocenters. The Balaban J connectivity index is 2.39. The summed E-state index contributed by atoms with van der Waals surface area (Å²) in [6.45, 7) is 1.61. The highest BCUT2D eigenvalue weighted by atomic mass is 32.1. The zero-order valence-corrected chi connectivity index (χ0v) is 12.0. The van der Waals surface area contributed by atoms with Crippen LogP contribution >= 0.6 is 11.3 Å². The van der Waals surface area contributed by atoms with Crippen molar-refractivity contribution in [2.24, 2.45) is 0 Å². The van der Waals surface area contributed by atoms with Gasteiger partial charge in [0, 0.05) is 23.9 Å². The fraction of sp³-hybridized carbons (Fsp3) is 0.286. The van der Waals surface area contributed by atoms with Crippen molar-refractivity contribution in [1.82, 2.24) is 4.57 Å². The maximum absolute atomic E-state index is 14.0. The summed E-state index contributed by atoms with van der Waals surface area (Å²) in [4.78, 5) is 22.0. The lowest BCUT2D eigenvalue weighted by Gasteiger charge is -2.09. The molecule has 2 aromatic rings. The first-order valence-corrected chi connectivity index (χ1v) is 7.14. The lowest BCUT2D eigenvalue weighted by molar-refractivity contribution is -0.137. The van der Waals surface area contributed by atoms with E-state index in [0.29, 0.717) is 0 Å². The Labute approximate surface area is 123 Å². The molecule has 0 spiro atoms. The van der Waals surface area contributed by atoms with Crippen LogP contribution < -0.4 is 4.87 Å². The Hall–Kier alpha value is -2.02. The molecule has 0 saturated carbocycles. The standard InChI is InChI=1S/C14H13F2NO3S/c1-8-5-11(16)9(6-10(8)15)12-7-21-14(20)17(12)4-2-3-13(18)19/h5-7H,2-4H2,1H3,(H,18,19). The van der Waals surface area contributed by atoms with Gasteiger partial charge in [-0.15, -0.1) is 0 Å². The molecule has 0 fully saturated rings. The van der Waals surface area contributed by atoms with Gasteiger partial charge in [-0.05, 0) is 31.0 Å². The summed E-state index contributed by atoms with van der Waals surface area (Å²) in [6, 6.07) is 2.13. The third-order valence-corrected chi connectivity index (χ3v) is 3.84. The van der Waals surface area contributed by atoms with Crippen molar-refractivity contribution < 1.29 is 18.7 Å². The van der Waals surface area contributed by atoms with E-state index < -0.39 is 17.6 Å². The van der Waals surface area contributed by atoms with Gasteiger partial charge in [-0.25, -0.2) is 8.78 Å². The topological polar surface area (TPSA) is 59.3 Å². The second-order valence-electron chi connectivity index (χ2n) is 4.62. The second-order valence-corrected chi connectivity index (χ2v) is 5.44. The van der Waals surface area contributed by atoms with Crippen molar-refractivity contribution >= 4 is 17.3 Å². The molecule has 0 amide bonds. The van der Waals surface area contributed by atoms with Crippen molar-refractivity contribution in [1.29, 1.82) is 0 Å². The van der Waals surface area contributed by atoms with Crippen molar-refractivity contribution in [3.05, 3.63) is 44.4 Å². The van der Waals surface area contributed by atoms with Crippen molar-refractivity contribution in [2.45, 2.75) is 26.3 Å². The van der Waals surface area contributed by atoms with Gasteiger partial charge in [-0.1, -0.05) is 11.3 Å². The number of carboxylic acids is 1. The Kier molecular flexibility index (Phi) is 4.52. The van der Waals surface area contributed by atoms with E-state index in [0.717, 1.165) is 23.5 Å². The lowest BCUT2D eigenvalue weighted by Crippen LogP contribution is -2.15. The van der Waals surface area contributed by atoms with Gasteiger partial charge in [0.25, 0.3) is 0 Å². The molecule has 0 unspecified atom stereocenters. The number of carbonyl (C=O) groups is 1. The SMILES string of the molecule is Cc1cc(F)c(-c2csc(=O)n2CCCC(=O)O)cc1F. The summed E-state index contributed by atoms with van der Waals surface area (Å²) >= 11 is 0.874. The summed E-state index contributed by atoms with van der Waals surface area (Å²) in [5.41, 5.74) is 0.463. The monoisotopic (exact) mass is 313 g/mol. The van der Waals surface area contributed by atoms with E-state index in [1.54, 1.807) is 0 Å². The predicted octanol–water partition coefficient (Wildman–Crippen LogP) is 3.03. The summed E-state index contributed by atoms with van der Waals surface area (Å²) in [6.07, 6.45) is 0.154. The molecule has 0 aliphatic carbocycles. The van der Waals surface area contributed by atoms with Crippen LogP contribution in [0.5, 0.6) is 0 Å². The van der Waals surface area contributed by atoms with Gasteiger partial charge < -0.3 is 5.11 Å². The van der Waals surface area contributed by atoms with Crippen LogP contribution in [0.4, 0.5) is 8.78 Å². The van der Waals surface area contributed by atoms with Crippen LogP contribution in [0.2, 0.25) is 0 Å². The molecule has 1 aromatic carbocycles. The molecular formula is C14H13F2NO3S. The van der Waals surface area contributed by atoms with Crippen molar-refractivity contribution in [2.75, 3.05) is 0 Å². The number of halogens is 2. The molecule has 1 aromatic heterocycles. The van der Waals surface area contributed by atoms with Gasteiger partial charge in [-0.2, -0.15) is 0 Å². The molecule has 4 nitrogen and oxygen atoms in total. The number of hydrogen-bond acceptors (Lipinski definition) is 3. The average molecular weight is 313 g/mol. The first-order chi connectivity index (χ1) is 9.90. The third-order valence-electron chi connectivity index (χ3n) is 3.08. The van der Waals surface area contributed by atoms with E-state index in [1.165, 1.54) is 16.9 Å². The zero-order chi connectivity index (χ0) is 15.6. The van der Waals surface area contributed by atoms with Gasteiger partial charge in [0.2, 0.25) is 0 Å². The van der Waals surface area contributed by atoms with Gasteiger partial charge in [-0.3, -0.25) is 14.2 Å². The molecule has 1 heterocycles.